The van der Waals surface area contributed by atoms with E-state index in [-0.39, 0.29) is 5.78 Å². The number of hydrogen-bond acceptors (Lipinski definition) is 3. The van der Waals surface area contributed by atoms with Crippen LogP contribution in [0.5, 0.6) is 0 Å². The van der Waals surface area contributed by atoms with Crippen LogP contribution in [0.1, 0.15) is 33.6 Å². The second kappa shape index (κ2) is 3.82. The maximum Gasteiger partial charge on any atom is 0.411 e. The van der Waals surface area contributed by atoms with Crippen LogP contribution in [-0.2, 0) is 9.53 Å². The third-order valence-electron chi connectivity index (χ3n) is 1.64. The van der Waals surface area contributed by atoms with E-state index in [9.17, 15) is 9.59 Å². The fourth-order valence-electron chi connectivity index (χ4n) is 1.13. The molecule has 0 aromatic rings. The normalized spacial score (nSPS) is 16.5. The Labute approximate surface area is 83.3 Å². The molecule has 1 N–H and O–H groups in total. The lowest BCUT2D eigenvalue weighted by Crippen LogP contribution is -2.31. The molecule has 14 heavy (non-hydrogen) atoms. The number of carbonyl (C=O) groups is 2. The van der Waals surface area contributed by atoms with Crippen LogP contribution >= 0.6 is 0 Å². The topological polar surface area (TPSA) is 55.4 Å². The zero-order valence-electron chi connectivity index (χ0n) is 8.72. The van der Waals surface area contributed by atoms with Gasteiger partial charge in [-0.2, -0.15) is 0 Å². The van der Waals surface area contributed by atoms with Crippen LogP contribution in [0.4, 0.5) is 4.79 Å². The van der Waals surface area contributed by atoms with Gasteiger partial charge in [-0.15, -0.1) is 0 Å². The SMILES string of the molecule is CC(C)(C)OC(=O)NC1=CC(=O)CC1. The molecule has 0 saturated carbocycles. The van der Waals surface area contributed by atoms with E-state index in [4.69, 9.17) is 4.74 Å². The van der Waals surface area contributed by atoms with Gasteiger partial charge in [0, 0.05) is 18.2 Å². The maximum atomic E-state index is 11.2. The van der Waals surface area contributed by atoms with Crippen molar-refractivity contribution in [1.29, 1.82) is 0 Å². The average Bonchev–Trinajstić information content (AvgIpc) is 2.30. The molecule has 0 unspecified atom stereocenters. The van der Waals surface area contributed by atoms with E-state index in [2.05, 4.69) is 5.32 Å². The number of hydrogen-bond donors (Lipinski definition) is 1. The van der Waals surface area contributed by atoms with Crippen molar-refractivity contribution in [2.24, 2.45) is 0 Å². The van der Waals surface area contributed by atoms with Crippen LogP contribution in [0.2, 0.25) is 0 Å². The zero-order valence-corrected chi connectivity index (χ0v) is 8.72. The first-order valence-electron chi connectivity index (χ1n) is 4.60. The van der Waals surface area contributed by atoms with Gasteiger partial charge in [0.25, 0.3) is 0 Å². The number of rotatable bonds is 1. The number of amides is 1. The minimum atomic E-state index is -0.507. The minimum absolute atomic E-state index is 0.0519. The predicted octanol–water partition coefficient (Wildman–Crippen LogP) is 1.76. The Hall–Kier alpha value is -1.32. The van der Waals surface area contributed by atoms with Crippen molar-refractivity contribution in [2.75, 3.05) is 0 Å². The lowest BCUT2D eigenvalue weighted by molar-refractivity contribution is -0.114. The summed E-state index contributed by atoms with van der Waals surface area (Å²) in [5.41, 5.74) is 0.136. The van der Waals surface area contributed by atoms with Gasteiger partial charge in [0.15, 0.2) is 5.78 Å². The van der Waals surface area contributed by atoms with Crippen LogP contribution in [-0.4, -0.2) is 17.5 Å². The van der Waals surface area contributed by atoms with Crippen LogP contribution in [0.15, 0.2) is 11.8 Å². The summed E-state index contributed by atoms with van der Waals surface area (Å²) in [5.74, 6) is 0.0519. The van der Waals surface area contributed by atoms with Gasteiger partial charge in [-0.25, -0.2) is 4.79 Å². The number of carbonyl (C=O) groups excluding carboxylic acids is 2. The third kappa shape index (κ3) is 3.60. The van der Waals surface area contributed by atoms with E-state index in [1.165, 1.54) is 6.08 Å². The van der Waals surface area contributed by atoms with Crippen LogP contribution in [0.3, 0.4) is 0 Å². The van der Waals surface area contributed by atoms with Gasteiger partial charge in [0.1, 0.15) is 5.60 Å². The van der Waals surface area contributed by atoms with E-state index in [0.29, 0.717) is 18.5 Å². The van der Waals surface area contributed by atoms with Crippen molar-refractivity contribution < 1.29 is 14.3 Å². The van der Waals surface area contributed by atoms with E-state index in [1.807, 2.05) is 0 Å². The first-order valence-corrected chi connectivity index (χ1v) is 4.60. The van der Waals surface area contributed by atoms with E-state index >= 15 is 0 Å². The van der Waals surface area contributed by atoms with Crippen LogP contribution in [0, 0.1) is 0 Å². The van der Waals surface area contributed by atoms with Crippen molar-refractivity contribution in [1.82, 2.24) is 5.32 Å². The van der Waals surface area contributed by atoms with Crippen molar-refractivity contribution in [3.63, 3.8) is 0 Å². The highest BCUT2D eigenvalue weighted by Crippen LogP contribution is 2.13. The Morgan fingerprint density at radius 3 is 2.50 bits per heavy atom. The molecule has 0 fully saturated rings. The number of allylic oxidation sites excluding steroid dienone is 2. The smallest absolute Gasteiger partial charge is 0.411 e. The molecule has 0 aliphatic heterocycles. The summed E-state index contributed by atoms with van der Waals surface area (Å²) in [6.07, 6.45) is 2.02. The first-order chi connectivity index (χ1) is 6.37. The second-order valence-electron chi connectivity index (χ2n) is 4.26. The van der Waals surface area contributed by atoms with Crippen molar-refractivity contribution >= 4 is 11.9 Å². The van der Waals surface area contributed by atoms with Gasteiger partial charge >= 0.3 is 6.09 Å². The van der Waals surface area contributed by atoms with Crippen LogP contribution in [0.25, 0.3) is 0 Å². The maximum absolute atomic E-state index is 11.2. The summed E-state index contributed by atoms with van der Waals surface area (Å²) < 4.78 is 5.03. The number of alkyl carbamates (subject to hydrolysis) is 1. The van der Waals surface area contributed by atoms with Crippen molar-refractivity contribution in [3.8, 4) is 0 Å². The number of ketones is 1. The molecule has 0 aromatic heterocycles. The molecule has 1 aliphatic rings. The Morgan fingerprint density at radius 2 is 2.07 bits per heavy atom. The average molecular weight is 197 g/mol. The van der Waals surface area contributed by atoms with E-state index < -0.39 is 11.7 Å². The summed E-state index contributed by atoms with van der Waals surface area (Å²) >= 11 is 0. The highest BCUT2D eigenvalue weighted by Gasteiger charge is 2.19. The number of ether oxygens (including phenoxy) is 1. The Morgan fingerprint density at radius 1 is 1.43 bits per heavy atom. The summed E-state index contributed by atoms with van der Waals surface area (Å²) in [6.45, 7) is 5.38. The fourth-order valence-corrected chi connectivity index (χ4v) is 1.13. The molecule has 78 valence electrons. The van der Waals surface area contributed by atoms with Gasteiger partial charge in [0.05, 0.1) is 0 Å². The lowest BCUT2D eigenvalue weighted by Gasteiger charge is -2.19. The summed E-state index contributed by atoms with van der Waals surface area (Å²) in [5, 5.41) is 2.54. The molecule has 0 spiro atoms. The lowest BCUT2D eigenvalue weighted by atomic mass is 10.2. The van der Waals surface area contributed by atoms with Crippen LogP contribution < -0.4 is 5.32 Å². The highest BCUT2D eigenvalue weighted by atomic mass is 16.6. The molecule has 4 nitrogen and oxygen atoms in total. The molecule has 0 radical (unpaired) electrons. The monoisotopic (exact) mass is 197 g/mol. The van der Waals surface area contributed by atoms with Gasteiger partial charge in [-0.05, 0) is 27.2 Å². The molecule has 0 heterocycles. The fraction of sp³-hybridized carbons (Fsp3) is 0.600. The van der Waals surface area contributed by atoms with Gasteiger partial charge < -0.3 is 4.74 Å². The largest absolute Gasteiger partial charge is 0.444 e. The van der Waals surface area contributed by atoms with Gasteiger partial charge in [0.2, 0.25) is 0 Å². The van der Waals surface area contributed by atoms with Crippen molar-refractivity contribution in [2.45, 2.75) is 39.2 Å². The highest BCUT2D eigenvalue weighted by molar-refractivity contribution is 5.93. The zero-order chi connectivity index (χ0) is 10.8. The standard InChI is InChI=1S/C10H15NO3/c1-10(2,3)14-9(13)11-7-4-5-8(12)6-7/h6H,4-5H2,1-3H3,(H,11,13). The second-order valence-corrected chi connectivity index (χ2v) is 4.26. The molecule has 0 bridgehead atoms. The minimum Gasteiger partial charge on any atom is -0.444 e. The predicted molar refractivity (Wildman–Crippen MR) is 51.7 cm³/mol. The van der Waals surface area contributed by atoms with E-state index in [0.717, 1.165) is 0 Å². The molecule has 0 atom stereocenters. The molecule has 1 rings (SSSR count). The molecule has 0 saturated heterocycles. The molecular formula is C10H15NO3. The Balaban J connectivity index is 2.42. The molecule has 0 aromatic carbocycles. The first kappa shape index (κ1) is 10.8. The van der Waals surface area contributed by atoms with Gasteiger partial charge in [-0.1, -0.05) is 0 Å². The molecule has 1 aliphatic carbocycles. The van der Waals surface area contributed by atoms with Gasteiger partial charge in [-0.3, -0.25) is 10.1 Å². The van der Waals surface area contributed by atoms with Crippen molar-refractivity contribution in [3.05, 3.63) is 11.8 Å². The molecular weight excluding hydrogens is 182 g/mol. The Kier molecular flexibility index (Phi) is 2.93. The third-order valence-corrected chi connectivity index (χ3v) is 1.64. The van der Waals surface area contributed by atoms with E-state index in [1.54, 1.807) is 20.8 Å². The summed E-state index contributed by atoms with van der Waals surface area (Å²) in [6, 6.07) is 0. The molecule has 4 heteroatoms. The summed E-state index contributed by atoms with van der Waals surface area (Å²) in [4.78, 5) is 22.1. The Bertz CT molecular complexity index is 286. The quantitative estimate of drug-likeness (QED) is 0.696. The summed E-state index contributed by atoms with van der Waals surface area (Å²) in [7, 11) is 0. The number of nitrogens with one attached hydrogen (secondary N) is 1. The molecule has 1 amide bonds.